The molecule has 286 valence electrons. The molecule has 4 heterocycles. The van der Waals surface area contributed by atoms with Crippen molar-refractivity contribution in [1.29, 1.82) is 0 Å². The SMILES string of the molecule is CC1(C)c2ccccc2N(c2ccccc2)c2c([Si](c3ccccc3)(c3ccccc3)c3cccc(-c4ccccn4)c3)cc3c(c21)c1ccccc1n3-c1ccccn1. The Morgan fingerprint density at radius 3 is 1.82 bits per heavy atom. The molecule has 60 heavy (non-hydrogen) atoms. The number of pyridine rings is 2. The molecule has 0 atom stereocenters. The zero-order valence-electron chi connectivity index (χ0n) is 33.6. The molecule has 0 spiro atoms. The summed E-state index contributed by atoms with van der Waals surface area (Å²) in [7, 11) is -3.30. The van der Waals surface area contributed by atoms with E-state index in [1.165, 1.54) is 54.0 Å². The van der Waals surface area contributed by atoms with Crippen LogP contribution in [0.1, 0.15) is 25.0 Å². The lowest BCUT2D eigenvalue weighted by atomic mass is 9.72. The highest BCUT2D eigenvalue weighted by atomic mass is 28.3. The van der Waals surface area contributed by atoms with Crippen molar-refractivity contribution in [3.05, 3.63) is 230 Å². The minimum absolute atomic E-state index is 0.409. The second kappa shape index (κ2) is 14.2. The Balaban J connectivity index is 1.42. The number of hydrogen-bond acceptors (Lipinski definition) is 3. The average Bonchev–Trinajstić information content (AvgIpc) is 3.65. The molecule has 0 saturated carbocycles. The Morgan fingerprint density at radius 2 is 1.12 bits per heavy atom. The lowest BCUT2D eigenvalue weighted by Gasteiger charge is -2.46. The molecular weight excluding hydrogens is 745 g/mol. The molecule has 0 bridgehead atoms. The van der Waals surface area contributed by atoms with Gasteiger partial charge in [0.15, 0.2) is 8.07 Å². The summed E-state index contributed by atoms with van der Waals surface area (Å²) < 4.78 is 2.40. The summed E-state index contributed by atoms with van der Waals surface area (Å²) in [5.41, 5.74) is 10.1. The second-order valence-electron chi connectivity index (χ2n) is 16.2. The summed E-state index contributed by atoms with van der Waals surface area (Å²) in [6.45, 7) is 4.86. The van der Waals surface area contributed by atoms with Gasteiger partial charge in [-0.15, -0.1) is 0 Å². The third-order valence-corrected chi connectivity index (χ3v) is 17.3. The smallest absolute Gasteiger partial charge is 0.181 e. The number of para-hydroxylation sites is 3. The molecule has 11 rings (SSSR count). The van der Waals surface area contributed by atoms with E-state index < -0.39 is 13.5 Å². The Bertz CT molecular complexity index is 3120. The molecule has 5 heteroatoms. The van der Waals surface area contributed by atoms with Gasteiger partial charge in [0.25, 0.3) is 0 Å². The Labute approximate surface area is 351 Å². The number of fused-ring (bicyclic) bond motifs is 6. The van der Waals surface area contributed by atoms with E-state index in [1.807, 2.05) is 24.5 Å². The molecular formula is C55H42N4Si. The molecule has 0 unspecified atom stereocenters. The standard InChI is InChI=1S/C55H42N4Si/c1-55(2)45-30-13-15-33-48(45)58(40-22-6-3-7-23-40)54-50(38-49-52(53(54)55)44-29-12-14-32-47(44)59(49)51-34-17-19-36-57-51)60(41-24-8-4-9-25-41,42-26-10-5-11-27-42)43-28-20-21-39(37-43)46-31-16-18-35-56-46/h3-38H,1-2H3. The first-order valence-electron chi connectivity index (χ1n) is 20.7. The van der Waals surface area contributed by atoms with Crippen LogP contribution in [-0.4, -0.2) is 22.6 Å². The first-order chi connectivity index (χ1) is 29.6. The Hall–Kier alpha value is -7.34. The molecule has 1 aliphatic heterocycles. The van der Waals surface area contributed by atoms with Crippen molar-refractivity contribution in [2.24, 2.45) is 0 Å². The number of hydrogen-bond donors (Lipinski definition) is 0. The molecule has 0 N–H and O–H groups in total. The van der Waals surface area contributed by atoms with Gasteiger partial charge in [0.05, 0.1) is 28.1 Å². The van der Waals surface area contributed by atoms with Gasteiger partial charge < -0.3 is 4.90 Å². The highest BCUT2D eigenvalue weighted by Gasteiger charge is 2.49. The number of benzene rings is 7. The molecule has 3 aromatic heterocycles. The van der Waals surface area contributed by atoms with E-state index >= 15 is 0 Å². The van der Waals surface area contributed by atoms with Crippen molar-refractivity contribution in [1.82, 2.24) is 14.5 Å². The average molecular weight is 787 g/mol. The van der Waals surface area contributed by atoms with Gasteiger partial charge in [0.2, 0.25) is 0 Å². The van der Waals surface area contributed by atoms with E-state index in [4.69, 9.17) is 9.97 Å². The van der Waals surface area contributed by atoms with Gasteiger partial charge >= 0.3 is 0 Å². The minimum Gasteiger partial charge on any atom is -0.310 e. The maximum atomic E-state index is 5.04. The number of rotatable bonds is 7. The summed E-state index contributed by atoms with van der Waals surface area (Å²) in [6, 6.07) is 75.7. The third kappa shape index (κ3) is 5.36. The van der Waals surface area contributed by atoms with Crippen molar-refractivity contribution < 1.29 is 0 Å². The Morgan fingerprint density at radius 1 is 0.500 bits per heavy atom. The molecule has 0 aliphatic carbocycles. The van der Waals surface area contributed by atoms with Gasteiger partial charge in [-0.1, -0.05) is 166 Å². The van der Waals surface area contributed by atoms with Crippen LogP contribution in [-0.2, 0) is 5.41 Å². The lowest BCUT2D eigenvalue weighted by Crippen LogP contribution is -2.75. The Kier molecular flexibility index (Phi) is 8.46. The van der Waals surface area contributed by atoms with Gasteiger partial charge in [-0.25, -0.2) is 4.98 Å². The van der Waals surface area contributed by atoms with Crippen LogP contribution in [0.25, 0.3) is 38.9 Å². The van der Waals surface area contributed by atoms with E-state index in [2.05, 4.69) is 217 Å². The number of nitrogens with zero attached hydrogens (tertiary/aromatic N) is 4. The van der Waals surface area contributed by atoms with Crippen LogP contribution in [0.4, 0.5) is 17.1 Å². The fourth-order valence-electron chi connectivity index (χ4n) is 10.1. The van der Waals surface area contributed by atoms with Crippen LogP contribution in [0.3, 0.4) is 0 Å². The summed E-state index contributed by atoms with van der Waals surface area (Å²) >= 11 is 0. The minimum atomic E-state index is -3.30. The summed E-state index contributed by atoms with van der Waals surface area (Å²) in [4.78, 5) is 12.5. The predicted molar refractivity (Wildman–Crippen MR) is 252 cm³/mol. The van der Waals surface area contributed by atoms with Crippen LogP contribution in [0, 0.1) is 0 Å². The monoisotopic (exact) mass is 786 g/mol. The summed E-state index contributed by atoms with van der Waals surface area (Å²) in [5, 5.41) is 7.68. The fourth-order valence-corrected chi connectivity index (χ4v) is 15.0. The van der Waals surface area contributed by atoms with Crippen molar-refractivity contribution in [3.63, 3.8) is 0 Å². The summed E-state index contributed by atoms with van der Waals surface area (Å²) in [6.07, 6.45) is 3.79. The lowest BCUT2D eigenvalue weighted by molar-refractivity contribution is 0.639. The molecule has 0 radical (unpaired) electrons. The van der Waals surface area contributed by atoms with Crippen LogP contribution in [0.15, 0.2) is 219 Å². The molecule has 4 nitrogen and oxygen atoms in total. The van der Waals surface area contributed by atoms with Crippen molar-refractivity contribution >= 4 is 67.7 Å². The quantitative estimate of drug-likeness (QED) is 0.119. The van der Waals surface area contributed by atoms with Crippen molar-refractivity contribution in [2.75, 3.05) is 4.90 Å². The van der Waals surface area contributed by atoms with E-state index in [0.717, 1.165) is 33.8 Å². The molecule has 0 saturated heterocycles. The van der Waals surface area contributed by atoms with Gasteiger partial charge in [0, 0.05) is 39.8 Å². The first kappa shape index (κ1) is 35.8. The van der Waals surface area contributed by atoms with E-state index in [1.54, 1.807) is 0 Å². The van der Waals surface area contributed by atoms with Crippen molar-refractivity contribution in [3.8, 4) is 17.1 Å². The highest BCUT2D eigenvalue weighted by molar-refractivity contribution is 7.20. The van der Waals surface area contributed by atoms with Gasteiger partial charge in [-0.3, -0.25) is 9.55 Å². The highest BCUT2D eigenvalue weighted by Crippen LogP contribution is 2.55. The van der Waals surface area contributed by atoms with Crippen molar-refractivity contribution in [2.45, 2.75) is 19.3 Å². The van der Waals surface area contributed by atoms with E-state index in [9.17, 15) is 0 Å². The van der Waals surface area contributed by atoms with Gasteiger partial charge in [0.1, 0.15) is 5.82 Å². The van der Waals surface area contributed by atoms with Crippen LogP contribution in [0.5, 0.6) is 0 Å². The van der Waals surface area contributed by atoms with Gasteiger partial charge in [-0.2, -0.15) is 0 Å². The zero-order valence-corrected chi connectivity index (χ0v) is 34.6. The second-order valence-corrected chi connectivity index (χ2v) is 19.9. The van der Waals surface area contributed by atoms with Crippen LogP contribution < -0.4 is 25.6 Å². The number of aromatic nitrogens is 3. The maximum absolute atomic E-state index is 5.04. The van der Waals surface area contributed by atoms with Crippen LogP contribution >= 0.6 is 0 Å². The first-order valence-corrected chi connectivity index (χ1v) is 22.7. The predicted octanol–water partition coefficient (Wildman–Crippen LogP) is 10.7. The third-order valence-electron chi connectivity index (χ3n) is 12.6. The number of anilines is 3. The van der Waals surface area contributed by atoms with Gasteiger partial charge in [-0.05, 0) is 86.5 Å². The molecule has 1 aliphatic rings. The van der Waals surface area contributed by atoms with E-state index in [0.29, 0.717) is 0 Å². The molecule has 0 amide bonds. The van der Waals surface area contributed by atoms with E-state index in [-0.39, 0.29) is 0 Å². The topological polar surface area (TPSA) is 34.0 Å². The molecule has 0 fully saturated rings. The van der Waals surface area contributed by atoms with Crippen LogP contribution in [0.2, 0.25) is 0 Å². The summed E-state index contributed by atoms with van der Waals surface area (Å²) in [5.74, 6) is 0.896. The normalized spacial score (nSPS) is 13.3. The largest absolute Gasteiger partial charge is 0.310 e. The maximum Gasteiger partial charge on any atom is 0.181 e. The zero-order chi connectivity index (χ0) is 40.3. The molecule has 7 aromatic carbocycles. The fraction of sp³-hybridized carbons (Fsp3) is 0.0545. The molecule has 10 aromatic rings.